The molecule has 27 heavy (non-hydrogen) atoms. The number of ether oxygens (including phenoxy) is 2. The Hall–Kier alpha value is -3.31. The molecular weight excluding hydrogens is 342 g/mol. The van der Waals surface area contributed by atoms with Crippen LogP contribution >= 0.6 is 0 Å². The summed E-state index contributed by atoms with van der Waals surface area (Å²) >= 11 is 0. The van der Waals surface area contributed by atoms with E-state index >= 15 is 0 Å². The molecule has 0 aliphatic heterocycles. The average molecular weight is 363 g/mol. The van der Waals surface area contributed by atoms with E-state index in [9.17, 15) is 4.79 Å². The minimum Gasteiger partial charge on any atom is -0.493 e. The van der Waals surface area contributed by atoms with E-state index in [1.165, 1.54) is 12.2 Å². The second kappa shape index (κ2) is 8.87. The second-order valence-corrected chi connectivity index (χ2v) is 5.76. The number of nitrogens with zero attached hydrogens (tertiary/aromatic N) is 1. The Morgan fingerprint density at radius 3 is 2.07 bits per heavy atom. The zero-order valence-corrected chi connectivity index (χ0v) is 15.3. The molecule has 0 spiro atoms. The second-order valence-electron chi connectivity index (χ2n) is 5.76. The third-order valence-electron chi connectivity index (χ3n) is 4.01. The van der Waals surface area contributed by atoms with Crippen LogP contribution in [0.25, 0.3) is 0 Å². The van der Waals surface area contributed by atoms with E-state index in [2.05, 4.69) is 0 Å². The molecule has 0 fully saturated rings. The number of hydroxylamine groups is 1. The predicted molar refractivity (Wildman–Crippen MR) is 104 cm³/mol. The van der Waals surface area contributed by atoms with Crippen molar-refractivity contribution in [2.75, 3.05) is 19.3 Å². The fraction of sp³-hybridized carbons (Fsp3) is 0.136. The maximum Gasteiger partial charge on any atom is 0.282 e. The third kappa shape index (κ3) is 4.46. The van der Waals surface area contributed by atoms with E-state index in [-0.39, 0.29) is 12.5 Å². The number of benzene rings is 3. The van der Waals surface area contributed by atoms with Crippen molar-refractivity contribution in [2.24, 2.45) is 0 Å². The van der Waals surface area contributed by atoms with Crippen molar-refractivity contribution in [1.29, 1.82) is 0 Å². The van der Waals surface area contributed by atoms with Crippen LogP contribution in [0.2, 0.25) is 0 Å². The number of carbonyl (C=O) groups is 1. The molecular formula is C22H21NO4. The highest BCUT2D eigenvalue weighted by Gasteiger charge is 2.20. The van der Waals surface area contributed by atoms with Crippen molar-refractivity contribution in [1.82, 2.24) is 0 Å². The summed E-state index contributed by atoms with van der Waals surface area (Å²) in [6.45, 7) is 0.273. The van der Waals surface area contributed by atoms with Gasteiger partial charge in [0, 0.05) is 5.56 Å². The maximum atomic E-state index is 13.1. The largest absolute Gasteiger partial charge is 0.493 e. The molecule has 3 aromatic rings. The van der Waals surface area contributed by atoms with Crippen molar-refractivity contribution in [3.63, 3.8) is 0 Å². The van der Waals surface area contributed by atoms with Crippen molar-refractivity contribution in [3.05, 3.63) is 90.0 Å². The summed E-state index contributed by atoms with van der Waals surface area (Å²) in [5.74, 6) is 0.753. The molecule has 1 amide bonds. The van der Waals surface area contributed by atoms with Crippen LogP contribution in [0, 0.1) is 0 Å². The molecule has 0 N–H and O–H groups in total. The smallest absolute Gasteiger partial charge is 0.282 e. The molecule has 0 radical (unpaired) electrons. The molecule has 5 heteroatoms. The Bertz CT molecular complexity index is 881. The van der Waals surface area contributed by atoms with E-state index < -0.39 is 0 Å². The standard InChI is InChI=1S/C22H21NO4/c1-25-20-14-13-18(15-21(20)26-2)22(24)23(19-11-7-4-8-12-19)27-16-17-9-5-3-6-10-17/h3-15H,16H2,1-2H3. The van der Waals surface area contributed by atoms with Gasteiger partial charge in [0.05, 0.1) is 19.9 Å². The molecule has 0 heterocycles. The van der Waals surface area contributed by atoms with Crippen LogP contribution in [0.5, 0.6) is 11.5 Å². The predicted octanol–water partition coefficient (Wildman–Crippen LogP) is 4.48. The van der Waals surface area contributed by atoms with Crippen LogP contribution in [0.3, 0.4) is 0 Å². The van der Waals surface area contributed by atoms with E-state index in [4.69, 9.17) is 14.3 Å². The quantitative estimate of drug-likeness (QED) is 0.581. The number of hydrogen-bond donors (Lipinski definition) is 0. The lowest BCUT2D eigenvalue weighted by Crippen LogP contribution is -2.31. The summed E-state index contributed by atoms with van der Waals surface area (Å²) in [6, 6.07) is 24.0. The van der Waals surface area contributed by atoms with Crippen molar-refractivity contribution in [3.8, 4) is 11.5 Å². The number of para-hydroxylation sites is 1. The highest BCUT2D eigenvalue weighted by atomic mass is 16.7. The number of anilines is 1. The van der Waals surface area contributed by atoms with Crippen molar-refractivity contribution >= 4 is 11.6 Å². The Kier molecular flexibility index (Phi) is 6.07. The molecule has 0 bridgehead atoms. The van der Waals surface area contributed by atoms with Crippen LogP contribution < -0.4 is 14.5 Å². The van der Waals surface area contributed by atoms with Gasteiger partial charge in [0.1, 0.15) is 6.61 Å². The summed E-state index contributed by atoms with van der Waals surface area (Å²) in [5, 5.41) is 1.30. The summed E-state index contributed by atoms with van der Waals surface area (Å²) < 4.78 is 10.5. The highest BCUT2D eigenvalue weighted by Crippen LogP contribution is 2.29. The molecule has 0 saturated heterocycles. The molecule has 138 valence electrons. The SMILES string of the molecule is COc1ccc(C(=O)N(OCc2ccccc2)c2ccccc2)cc1OC. The van der Waals surface area contributed by atoms with Crippen molar-refractivity contribution in [2.45, 2.75) is 6.61 Å². The lowest BCUT2D eigenvalue weighted by atomic mass is 10.1. The molecule has 5 nitrogen and oxygen atoms in total. The Morgan fingerprint density at radius 1 is 0.815 bits per heavy atom. The first kappa shape index (κ1) is 18.5. The van der Waals surface area contributed by atoms with Crippen LogP contribution in [-0.2, 0) is 11.4 Å². The van der Waals surface area contributed by atoms with Gasteiger partial charge in [-0.2, -0.15) is 5.06 Å². The maximum absolute atomic E-state index is 13.1. The summed E-state index contributed by atoms with van der Waals surface area (Å²) in [5.41, 5.74) is 2.05. The van der Waals surface area contributed by atoms with E-state index in [1.54, 1.807) is 25.3 Å². The van der Waals surface area contributed by atoms with Gasteiger partial charge in [-0.3, -0.25) is 9.63 Å². The zero-order valence-electron chi connectivity index (χ0n) is 15.3. The molecule has 3 rings (SSSR count). The van der Waals surface area contributed by atoms with Gasteiger partial charge in [-0.05, 0) is 35.9 Å². The Labute approximate surface area is 158 Å². The van der Waals surface area contributed by atoms with Gasteiger partial charge in [0.25, 0.3) is 5.91 Å². The third-order valence-corrected chi connectivity index (χ3v) is 4.01. The van der Waals surface area contributed by atoms with Gasteiger partial charge >= 0.3 is 0 Å². The van der Waals surface area contributed by atoms with Crippen LogP contribution in [0.1, 0.15) is 15.9 Å². The number of rotatable bonds is 7. The van der Waals surface area contributed by atoms with Gasteiger partial charge < -0.3 is 9.47 Å². The highest BCUT2D eigenvalue weighted by molar-refractivity contribution is 6.05. The minimum atomic E-state index is -0.293. The first-order valence-electron chi connectivity index (χ1n) is 8.51. The van der Waals surface area contributed by atoms with E-state index in [1.807, 2.05) is 60.7 Å². The Morgan fingerprint density at radius 2 is 1.44 bits per heavy atom. The van der Waals surface area contributed by atoms with E-state index in [0.717, 1.165) is 5.56 Å². The van der Waals surface area contributed by atoms with Crippen molar-refractivity contribution < 1.29 is 19.1 Å². The molecule has 0 aromatic heterocycles. The molecule has 0 saturated carbocycles. The fourth-order valence-electron chi connectivity index (χ4n) is 2.61. The van der Waals surface area contributed by atoms with Crippen LogP contribution in [0.4, 0.5) is 5.69 Å². The van der Waals surface area contributed by atoms with Crippen LogP contribution in [-0.4, -0.2) is 20.1 Å². The number of carbonyl (C=O) groups excluding carboxylic acids is 1. The van der Waals surface area contributed by atoms with E-state index in [0.29, 0.717) is 22.7 Å². The molecule has 0 aliphatic carbocycles. The summed E-state index contributed by atoms with van der Waals surface area (Å²) in [4.78, 5) is 19.0. The first-order chi connectivity index (χ1) is 13.2. The van der Waals surface area contributed by atoms with Gasteiger partial charge in [0.2, 0.25) is 0 Å². The normalized spacial score (nSPS) is 10.3. The summed E-state index contributed by atoms with van der Waals surface area (Å²) in [6.07, 6.45) is 0. The topological polar surface area (TPSA) is 48.0 Å². The lowest BCUT2D eigenvalue weighted by Gasteiger charge is -2.22. The number of hydrogen-bond acceptors (Lipinski definition) is 4. The monoisotopic (exact) mass is 363 g/mol. The zero-order chi connectivity index (χ0) is 19.1. The molecule has 0 atom stereocenters. The van der Waals surface area contributed by atoms with Gasteiger partial charge in [-0.15, -0.1) is 0 Å². The van der Waals surface area contributed by atoms with Gasteiger partial charge in [0.15, 0.2) is 11.5 Å². The minimum absolute atomic E-state index is 0.273. The molecule has 0 aliphatic rings. The molecule has 3 aromatic carbocycles. The molecule has 0 unspecified atom stereocenters. The lowest BCUT2D eigenvalue weighted by molar-refractivity contribution is 0.0599. The fourth-order valence-corrected chi connectivity index (χ4v) is 2.61. The van der Waals surface area contributed by atoms with Gasteiger partial charge in [-0.1, -0.05) is 48.5 Å². The van der Waals surface area contributed by atoms with Crippen LogP contribution in [0.15, 0.2) is 78.9 Å². The average Bonchev–Trinajstić information content (AvgIpc) is 2.74. The summed E-state index contributed by atoms with van der Waals surface area (Å²) in [7, 11) is 3.09. The Balaban J connectivity index is 1.89. The number of methoxy groups -OCH3 is 2. The number of amides is 1. The first-order valence-corrected chi connectivity index (χ1v) is 8.51. The van der Waals surface area contributed by atoms with Gasteiger partial charge in [-0.25, -0.2) is 0 Å².